The van der Waals surface area contributed by atoms with Crippen LogP contribution in [0.2, 0.25) is 0 Å². The Morgan fingerprint density at radius 3 is 2.76 bits per heavy atom. The van der Waals surface area contributed by atoms with Crippen LogP contribution in [0.25, 0.3) is 0 Å². The molecule has 0 bridgehead atoms. The summed E-state index contributed by atoms with van der Waals surface area (Å²) in [4.78, 5) is 8.86. The topological polar surface area (TPSA) is 73.1 Å². The Balaban J connectivity index is 2.38. The van der Waals surface area contributed by atoms with Gasteiger partial charge < -0.3 is 15.8 Å². The lowest BCUT2D eigenvalue weighted by Gasteiger charge is -2.14. The van der Waals surface area contributed by atoms with Crippen molar-refractivity contribution < 1.29 is 4.74 Å². The molecular weight excluding hydrogens is 332 g/mol. The number of hydrogen-bond donors (Lipinski definition) is 2. The van der Waals surface area contributed by atoms with E-state index in [9.17, 15) is 0 Å². The van der Waals surface area contributed by atoms with Gasteiger partial charge in [0.15, 0.2) is 0 Å². The summed E-state index contributed by atoms with van der Waals surface area (Å²) in [5.74, 6) is 2.76. The molecule has 1 heterocycles. The second kappa shape index (κ2) is 6.76. The Labute approximate surface area is 133 Å². The minimum absolute atomic E-state index is 0.509. The van der Waals surface area contributed by atoms with Crippen LogP contribution in [0.15, 0.2) is 22.7 Å². The van der Waals surface area contributed by atoms with Gasteiger partial charge in [-0.05, 0) is 41.4 Å². The summed E-state index contributed by atoms with van der Waals surface area (Å²) in [7, 11) is 1.64. The Morgan fingerprint density at radius 2 is 2.10 bits per heavy atom. The van der Waals surface area contributed by atoms with Gasteiger partial charge in [0.2, 0.25) is 0 Å². The minimum Gasteiger partial charge on any atom is -0.497 e. The molecule has 21 heavy (non-hydrogen) atoms. The molecule has 2 aromatic rings. The van der Waals surface area contributed by atoms with Gasteiger partial charge in [0.25, 0.3) is 0 Å². The fourth-order valence-corrected chi connectivity index (χ4v) is 2.24. The van der Waals surface area contributed by atoms with Gasteiger partial charge >= 0.3 is 0 Å². The van der Waals surface area contributed by atoms with Gasteiger partial charge in [-0.3, -0.25) is 0 Å². The second-order valence-electron chi connectivity index (χ2n) is 4.72. The molecule has 0 aliphatic rings. The molecule has 0 aliphatic carbocycles. The smallest absolute Gasteiger partial charge is 0.139 e. The standard InChI is InChI=1S/C15H19BrN4O/c1-4-5-13-19-14(17)9(2)15(20-13)18-12-8-10(21-3)6-7-11(12)16/h6-8H,4-5H2,1-3H3,(H3,17,18,19,20). The third kappa shape index (κ3) is 3.64. The maximum atomic E-state index is 5.97. The lowest BCUT2D eigenvalue weighted by molar-refractivity contribution is 0.415. The summed E-state index contributed by atoms with van der Waals surface area (Å²) in [5, 5.41) is 3.30. The fourth-order valence-electron chi connectivity index (χ4n) is 1.89. The number of aryl methyl sites for hydroxylation is 1. The van der Waals surface area contributed by atoms with E-state index in [1.807, 2.05) is 25.1 Å². The Kier molecular flexibility index (Phi) is 5.01. The number of rotatable bonds is 5. The van der Waals surface area contributed by atoms with Crippen LogP contribution in [0.1, 0.15) is 24.7 Å². The van der Waals surface area contributed by atoms with Gasteiger partial charge in [-0.25, -0.2) is 9.97 Å². The highest BCUT2D eigenvalue weighted by Gasteiger charge is 2.10. The summed E-state index contributed by atoms with van der Waals surface area (Å²) in [6, 6.07) is 5.72. The first-order chi connectivity index (χ1) is 10.0. The predicted molar refractivity (Wildman–Crippen MR) is 89.2 cm³/mol. The van der Waals surface area contributed by atoms with Gasteiger partial charge in [-0.15, -0.1) is 0 Å². The van der Waals surface area contributed by atoms with Crippen molar-refractivity contribution in [3.63, 3.8) is 0 Å². The molecule has 1 aromatic heterocycles. The summed E-state index contributed by atoms with van der Waals surface area (Å²) < 4.78 is 6.17. The largest absolute Gasteiger partial charge is 0.497 e. The zero-order chi connectivity index (χ0) is 15.4. The molecule has 0 saturated carbocycles. The van der Waals surface area contributed by atoms with Crippen LogP contribution in [0.5, 0.6) is 5.75 Å². The Hall–Kier alpha value is -1.82. The van der Waals surface area contributed by atoms with Crippen molar-refractivity contribution in [3.8, 4) is 5.75 Å². The van der Waals surface area contributed by atoms with Crippen molar-refractivity contribution in [1.29, 1.82) is 0 Å². The zero-order valence-corrected chi connectivity index (χ0v) is 14.0. The highest BCUT2D eigenvalue weighted by molar-refractivity contribution is 9.10. The van der Waals surface area contributed by atoms with E-state index in [1.54, 1.807) is 7.11 Å². The molecule has 0 aliphatic heterocycles. The van der Waals surface area contributed by atoms with Crippen LogP contribution < -0.4 is 15.8 Å². The molecule has 0 atom stereocenters. The molecule has 0 saturated heterocycles. The second-order valence-corrected chi connectivity index (χ2v) is 5.57. The maximum absolute atomic E-state index is 5.97. The van der Waals surface area contributed by atoms with Crippen LogP contribution in [-0.2, 0) is 6.42 Å². The number of ether oxygens (including phenoxy) is 1. The number of anilines is 3. The molecule has 2 rings (SSSR count). The van der Waals surface area contributed by atoms with E-state index in [4.69, 9.17) is 10.5 Å². The van der Waals surface area contributed by atoms with Gasteiger partial charge in [-0.2, -0.15) is 0 Å². The third-order valence-electron chi connectivity index (χ3n) is 3.13. The van der Waals surface area contributed by atoms with E-state index in [-0.39, 0.29) is 0 Å². The van der Waals surface area contributed by atoms with Crippen molar-refractivity contribution in [1.82, 2.24) is 9.97 Å². The Bertz CT molecular complexity index is 646. The monoisotopic (exact) mass is 350 g/mol. The number of halogens is 1. The van der Waals surface area contributed by atoms with E-state index in [2.05, 4.69) is 38.1 Å². The predicted octanol–water partition coefficient (Wildman–Crippen LogP) is 3.83. The number of hydrogen-bond acceptors (Lipinski definition) is 5. The molecular formula is C15H19BrN4O. The number of methoxy groups -OCH3 is 1. The van der Waals surface area contributed by atoms with Gasteiger partial charge in [0, 0.05) is 22.5 Å². The first-order valence-corrected chi connectivity index (χ1v) is 7.58. The quantitative estimate of drug-likeness (QED) is 0.856. The summed E-state index contributed by atoms with van der Waals surface area (Å²) in [6.07, 6.45) is 1.78. The van der Waals surface area contributed by atoms with Crippen molar-refractivity contribution in [2.24, 2.45) is 0 Å². The molecule has 112 valence electrons. The van der Waals surface area contributed by atoms with E-state index >= 15 is 0 Å². The molecule has 0 amide bonds. The third-order valence-corrected chi connectivity index (χ3v) is 3.82. The van der Waals surface area contributed by atoms with Gasteiger partial charge in [0.1, 0.15) is 23.2 Å². The molecule has 6 heteroatoms. The fraction of sp³-hybridized carbons (Fsp3) is 0.333. The highest BCUT2D eigenvalue weighted by atomic mass is 79.9. The van der Waals surface area contributed by atoms with Crippen LogP contribution in [0, 0.1) is 6.92 Å². The van der Waals surface area contributed by atoms with Crippen molar-refractivity contribution >= 4 is 33.3 Å². The van der Waals surface area contributed by atoms with Crippen LogP contribution in [-0.4, -0.2) is 17.1 Å². The lowest BCUT2D eigenvalue weighted by Crippen LogP contribution is -2.07. The van der Waals surface area contributed by atoms with Gasteiger partial charge in [0.05, 0.1) is 12.8 Å². The molecule has 1 aromatic carbocycles. The molecule has 0 unspecified atom stereocenters. The first kappa shape index (κ1) is 15.6. The minimum atomic E-state index is 0.509. The van der Waals surface area contributed by atoms with Crippen LogP contribution in [0.4, 0.5) is 17.3 Å². The maximum Gasteiger partial charge on any atom is 0.139 e. The number of nitrogen functional groups attached to an aromatic ring is 1. The van der Waals surface area contributed by atoms with Gasteiger partial charge in [-0.1, -0.05) is 6.92 Å². The number of nitrogens with two attached hydrogens (primary N) is 1. The zero-order valence-electron chi connectivity index (χ0n) is 12.4. The molecule has 0 spiro atoms. The van der Waals surface area contributed by atoms with Crippen molar-refractivity contribution in [2.45, 2.75) is 26.7 Å². The molecule has 5 nitrogen and oxygen atoms in total. The van der Waals surface area contributed by atoms with Crippen LogP contribution >= 0.6 is 15.9 Å². The summed E-state index contributed by atoms with van der Waals surface area (Å²) in [6.45, 7) is 3.99. The first-order valence-electron chi connectivity index (χ1n) is 6.78. The SMILES string of the molecule is CCCc1nc(N)c(C)c(Nc2cc(OC)ccc2Br)n1. The lowest BCUT2D eigenvalue weighted by atomic mass is 10.2. The molecule has 0 radical (unpaired) electrons. The molecule has 3 N–H and O–H groups in total. The average Bonchev–Trinajstić information content (AvgIpc) is 2.46. The van der Waals surface area contributed by atoms with E-state index in [0.29, 0.717) is 5.82 Å². The van der Waals surface area contributed by atoms with Crippen LogP contribution in [0.3, 0.4) is 0 Å². The van der Waals surface area contributed by atoms with Crippen molar-refractivity contribution in [3.05, 3.63) is 34.1 Å². The summed E-state index contributed by atoms with van der Waals surface area (Å²) in [5.41, 5.74) is 7.68. The number of aromatic nitrogens is 2. The van der Waals surface area contributed by atoms with Crippen molar-refractivity contribution in [2.75, 3.05) is 18.2 Å². The van der Waals surface area contributed by atoms with E-state index < -0.39 is 0 Å². The average molecular weight is 351 g/mol. The number of nitrogens with zero attached hydrogens (tertiary/aromatic N) is 2. The molecule has 0 fully saturated rings. The number of nitrogens with one attached hydrogen (secondary N) is 1. The van der Waals surface area contributed by atoms with E-state index in [1.165, 1.54) is 0 Å². The van der Waals surface area contributed by atoms with E-state index in [0.717, 1.165) is 46.0 Å². The highest BCUT2D eigenvalue weighted by Crippen LogP contribution is 2.31. The Morgan fingerprint density at radius 1 is 1.33 bits per heavy atom. The normalized spacial score (nSPS) is 10.5. The summed E-state index contributed by atoms with van der Waals surface area (Å²) >= 11 is 3.52. The number of benzene rings is 1.